The van der Waals surface area contributed by atoms with E-state index in [9.17, 15) is 18.0 Å². The first kappa shape index (κ1) is 16.4. The van der Waals surface area contributed by atoms with Crippen LogP contribution in [-0.2, 0) is 6.18 Å². The van der Waals surface area contributed by atoms with E-state index in [2.05, 4.69) is 20.3 Å². The van der Waals surface area contributed by atoms with Crippen molar-refractivity contribution in [1.29, 1.82) is 0 Å². The molecular weight excluding hydrogens is 351 g/mol. The Hall–Kier alpha value is -3.11. The molecule has 0 aliphatic carbocycles. The van der Waals surface area contributed by atoms with Gasteiger partial charge in [-0.05, 0) is 18.2 Å². The Morgan fingerprint density at radius 2 is 1.69 bits per heavy atom. The summed E-state index contributed by atoms with van der Waals surface area (Å²) in [5, 5.41) is 10.7. The van der Waals surface area contributed by atoms with Crippen molar-refractivity contribution in [2.24, 2.45) is 0 Å². The second-order valence-corrected chi connectivity index (χ2v) is 5.86. The third-order valence-electron chi connectivity index (χ3n) is 4.20. The molecule has 0 unspecified atom stereocenters. The number of anilines is 2. The number of pyridine rings is 1. The number of piperazine rings is 1. The van der Waals surface area contributed by atoms with E-state index in [4.69, 9.17) is 0 Å². The van der Waals surface area contributed by atoms with Crippen molar-refractivity contribution in [2.45, 2.75) is 6.18 Å². The second kappa shape index (κ2) is 6.00. The zero-order valence-electron chi connectivity index (χ0n) is 13.4. The first-order chi connectivity index (χ1) is 12.4. The van der Waals surface area contributed by atoms with Gasteiger partial charge in [-0.15, -0.1) is 15.3 Å². The molecule has 0 saturated carbocycles. The highest BCUT2D eigenvalue weighted by Crippen LogP contribution is 2.28. The lowest BCUT2D eigenvalue weighted by atomic mass is 10.3. The monoisotopic (exact) mass is 365 g/mol. The van der Waals surface area contributed by atoms with Crippen LogP contribution in [0, 0.1) is 0 Å². The van der Waals surface area contributed by atoms with Crippen LogP contribution in [-0.4, -0.2) is 51.0 Å². The fourth-order valence-corrected chi connectivity index (χ4v) is 2.92. The lowest BCUT2D eigenvalue weighted by Crippen LogP contribution is -2.47. The largest absolute Gasteiger partial charge is 0.453 e. The zero-order chi connectivity index (χ0) is 18.3. The van der Waals surface area contributed by atoms with Gasteiger partial charge in [0.25, 0.3) is 5.82 Å². The molecule has 4 heterocycles. The number of alkyl halides is 3. The second-order valence-electron chi connectivity index (χ2n) is 5.86. The van der Waals surface area contributed by atoms with Crippen LogP contribution in [0.5, 0.6) is 0 Å². The fraction of sp³-hybridized carbons (Fsp3) is 0.333. The lowest BCUT2D eigenvalue weighted by molar-refractivity contribution is -0.146. The summed E-state index contributed by atoms with van der Waals surface area (Å²) in [7, 11) is 0. The van der Waals surface area contributed by atoms with Crippen LogP contribution in [0.3, 0.4) is 0 Å². The Kier molecular flexibility index (Phi) is 3.78. The highest BCUT2D eigenvalue weighted by Gasteiger charge is 2.37. The summed E-state index contributed by atoms with van der Waals surface area (Å²) in [6.45, 7) is 2.32. The van der Waals surface area contributed by atoms with Crippen LogP contribution in [0.4, 0.5) is 24.8 Å². The Morgan fingerprint density at radius 1 is 0.962 bits per heavy atom. The van der Waals surface area contributed by atoms with E-state index in [-0.39, 0.29) is 11.2 Å². The van der Waals surface area contributed by atoms with Crippen molar-refractivity contribution in [3.63, 3.8) is 0 Å². The maximum Gasteiger partial charge on any atom is 0.453 e. The van der Waals surface area contributed by atoms with Crippen molar-refractivity contribution in [2.75, 3.05) is 36.0 Å². The Balaban J connectivity index is 1.55. The predicted molar refractivity (Wildman–Crippen MR) is 87.3 cm³/mol. The number of fused-ring (bicyclic) bond motifs is 1. The average Bonchev–Trinajstić information content (AvgIpc) is 3.05. The van der Waals surface area contributed by atoms with E-state index in [0.29, 0.717) is 32.0 Å². The molecule has 1 aliphatic heterocycles. The molecule has 8 nitrogen and oxygen atoms in total. The van der Waals surface area contributed by atoms with E-state index >= 15 is 0 Å². The summed E-state index contributed by atoms with van der Waals surface area (Å²) in [6.07, 6.45) is -4.62. The lowest BCUT2D eigenvalue weighted by Gasteiger charge is -2.36. The topological polar surface area (TPSA) is 82.4 Å². The molecule has 3 aromatic rings. The third kappa shape index (κ3) is 2.95. The molecule has 1 fully saturated rings. The summed E-state index contributed by atoms with van der Waals surface area (Å²) in [5.74, 6) is -0.00224. The molecule has 0 amide bonds. The van der Waals surface area contributed by atoms with E-state index in [0.717, 1.165) is 10.3 Å². The van der Waals surface area contributed by atoms with E-state index in [1.54, 1.807) is 12.1 Å². The van der Waals surface area contributed by atoms with Crippen molar-refractivity contribution in [1.82, 2.24) is 24.8 Å². The van der Waals surface area contributed by atoms with Gasteiger partial charge in [-0.25, -0.2) is 0 Å². The van der Waals surface area contributed by atoms with Gasteiger partial charge in [0.05, 0.1) is 0 Å². The molecule has 4 rings (SSSR count). The van der Waals surface area contributed by atoms with E-state index in [1.165, 1.54) is 12.1 Å². The number of halogens is 3. The van der Waals surface area contributed by atoms with E-state index in [1.807, 2.05) is 15.9 Å². The Labute approximate surface area is 144 Å². The molecule has 11 heteroatoms. The van der Waals surface area contributed by atoms with Gasteiger partial charge >= 0.3 is 6.18 Å². The van der Waals surface area contributed by atoms with Gasteiger partial charge in [0.15, 0.2) is 5.65 Å². The highest BCUT2D eigenvalue weighted by molar-refractivity contribution is 5.48. The van der Waals surface area contributed by atoms with Gasteiger partial charge in [-0.1, -0.05) is 6.07 Å². The molecule has 0 spiro atoms. The molecule has 3 aromatic heterocycles. The van der Waals surface area contributed by atoms with Crippen LogP contribution < -0.4 is 15.4 Å². The summed E-state index contributed by atoms with van der Waals surface area (Å²) in [6, 6.07) is 8.03. The van der Waals surface area contributed by atoms with Gasteiger partial charge in [0.2, 0.25) is 5.56 Å². The van der Waals surface area contributed by atoms with E-state index < -0.39 is 12.0 Å². The summed E-state index contributed by atoms with van der Waals surface area (Å²) >= 11 is 0. The zero-order valence-corrected chi connectivity index (χ0v) is 13.4. The predicted octanol–water partition coefficient (Wildman–Crippen LogP) is 1.16. The molecule has 0 radical (unpaired) electrons. The summed E-state index contributed by atoms with van der Waals surface area (Å²) < 4.78 is 39.7. The molecular formula is C15H14F3N7O. The maximum absolute atomic E-state index is 13.0. The van der Waals surface area contributed by atoms with Crippen molar-refractivity contribution in [3.8, 4) is 0 Å². The number of rotatable bonds is 2. The smallest absolute Gasteiger partial charge is 0.355 e. The Morgan fingerprint density at radius 3 is 2.38 bits per heavy atom. The van der Waals surface area contributed by atoms with Gasteiger partial charge < -0.3 is 14.8 Å². The maximum atomic E-state index is 13.0. The average molecular weight is 365 g/mol. The number of aromatic nitrogens is 5. The number of hydrogen-bond acceptors (Lipinski definition) is 6. The van der Waals surface area contributed by atoms with Crippen molar-refractivity contribution < 1.29 is 13.2 Å². The van der Waals surface area contributed by atoms with Gasteiger partial charge in [-0.3, -0.25) is 4.79 Å². The standard InChI is InChI=1S/C15H14F3N7O/c16-15(17,18)14-21-20-11-4-5-12(22-25(11)14)24-8-6-23(7-9-24)10-2-1-3-13(26)19-10/h1-5H,6-9H2,(H,19,26). The van der Waals surface area contributed by atoms with Crippen molar-refractivity contribution >= 4 is 17.3 Å². The molecule has 1 N–H and O–H groups in total. The molecule has 1 saturated heterocycles. The minimum Gasteiger partial charge on any atom is -0.355 e. The molecule has 0 atom stereocenters. The molecule has 26 heavy (non-hydrogen) atoms. The van der Waals surface area contributed by atoms with Gasteiger partial charge in [0.1, 0.15) is 11.6 Å². The van der Waals surface area contributed by atoms with Gasteiger partial charge in [-0.2, -0.15) is 17.7 Å². The SMILES string of the molecule is O=c1cccc(N2CCN(c3ccc4nnc(C(F)(F)F)n4n3)CC2)[nH]1. The quantitative estimate of drug-likeness (QED) is 0.734. The van der Waals surface area contributed by atoms with Crippen LogP contribution in [0.25, 0.3) is 5.65 Å². The number of nitrogens with zero attached hydrogens (tertiary/aromatic N) is 6. The highest BCUT2D eigenvalue weighted by atomic mass is 19.4. The summed E-state index contributed by atoms with van der Waals surface area (Å²) in [5.41, 5.74) is -0.133. The molecule has 0 bridgehead atoms. The molecule has 1 aliphatic rings. The number of H-pyrrole nitrogens is 1. The number of nitrogens with one attached hydrogen (secondary N) is 1. The Bertz CT molecular complexity index is 989. The fourth-order valence-electron chi connectivity index (χ4n) is 2.92. The van der Waals surface area contributed by atoms with Crippen LogP contribution in [0.1, 0.15) is 5.82 Å². The first-order valence-corrected chi connectivity index (χ1v) is 7.91. The molecule has 0 aromatic carbocycles. The minimum absolute atomic E-state index is 0.0431. The molecule has 136 valence electrons. The van der Waals surface area contributed by atoms with Crippen LogP contribution >= 0.6 is 0 Å². The number of aromatic amines is 1. The normalized spacial score (nSPS) is 15.7. The first-order valence-electron chi connectivity index (χ1n) is 7.91. The summed E-state index contributed by atoms with van der Waals surface area (Å²) in [4.78, 5) is 18.1. The number of hydrogen-bond donors (Lipinski definition) is 1. The van der Waals surface area contributed by atoms with Gasteiger partial charge in [0, 0.05) is 32.2 Å². The van der Waals surface area contributed by atoms with Crippen LogP contribution in [0.2, 0.25) is 0 Å². The van der Waals surface area contributed by atoms with Crippen molar-refractivity contribution in [3.05, 3.63) is 46.5 Å². The van der Waals surface area contributed by atoms with Crippen LogP contribution in [0.15, 0.2) is 35.1 Å². The minimum atomic E-state index is -4.62. The third-order valence-corrected chi connectivity index (χ3v) is 4.20.